The number of aromatic amines is 4. The normalized spacial score (nSPS) is 12.9. The Morgan fingerprint density at radius 3 is 1.62 bits per heavy atom. The highest BCUT2D eigenvalue weighted by Gasteiger charge is 2.52. The standard InChI is InChI=1S/C16H18N4O.C16H16N4O.C15H18BF3O2.C9H11NS.C7H7BrN4O.C7H8N4O.C7H11N3O2/c2*1-9-5-7-12(8-6-9)10(2)13-14-15(20(4)19-13)16(21)18-11(3)17-14;1-10(16-20-13(2,3)14(4,5)21-16)11-6-8-12(9-7-11)15(17,18)19;1-8(10)11-7-9-5-3-2-4-6-9;1-3-9-4-5(7(13)10-3)12(2)11-6(4)8;1-4-9-5-3-8-11(2)6(5)7(12)10-4;1-3-12-7(11)6-5(8)4-10(2)9-6/h5-8,10H,1-4H3,(H,17,18,21);5-8H,2H2,1,3-4H3,(H,17,18,21);6-9H,1H2,2-5H3;2-6,10H,7H2,1H3;1-2H3,(H,9,10,13);3H,1-2H3,(H,9,10,12);4H,3,8H2,1-2H3. The Bertz CT molecular complexity index is 5770. The zero-order valence-electron chi connectivity index (χ0n) is 65.0. The van der Waals surface area contributed by atoms with Gasteiger partial charge in [0.05, 0.1) is 46.0 Å². The van der Waals surface area contributed by atoms with E-state index in [9.17, 15) is 37.1 Å². The van der Waals surface area contributed by atoms with Crippen LogP contribution in [0.3, 0.4) is 0 Å². The quantitative estimate of drug-likeness (QED) is 0.0320. The molecule has 1 saturated heterocycles. The number of fused-ring (bicyclic) bond motifs is 4. The summed E-state index contributed by atoms with van der Waals surface area (Å²) in [5.41, 5.74) is 17.3. The van der Waals surface area contributed by atoms with Gasteiger partial charge in [0.2, 0.25) is 0 Å². The summed E-state index contributed by atoms with van der Waals surface area (Å²) in [4.78, 5) is 85.9. The summed E-state index contributed by atoms with van der Waals surface area (Å²) in [5, 5.41) is 28.7. The van der Waals surface area contributed by atoms with E-state index in [1.54, 1.807) is 103 Å². The number of benzene rings is 4. The van der Waals surface area contributed by atoms with Crippen LogP contribution in [0.25, 0.3) is 55.2 Å². The zero-order valence-corrected chi connectivity index (χ0v) is 67.4. The highest BCUT2D eigenvalue weighted by atomic mass is 79.9. The lowest BCUT2D eigenvalue weighted by Gasteiger charge is -2.32. The molecule has 1 unspecified atom stereocenters. The molecule has 9 aromatic heterocycles. The number of alkyl halides is 3. The molecule has 7 N–H and O–H groups in total. The van der Waals surface area contributed by atoms with Crippen molar-refractivity contribution < 1.29 is 32.0 Å². The van der Waals surface area contributed by atoms with Crippen LogP contribution in [0.4, 0.5) is 18.9 Å². The van der Waals surface area contributed by atoms with Crippen molar-refractivity contribution in [2.75, 3.05) is 12.3 Å². The van der Waals surface area contributed by atoms with Gasteiger partial charge < -0.3 is 39.7 Å². The lowest BCUT2D eigenvalue weighted by atomic mass is 9.75. The highest BCUT2D eigenvalue weighted by molar-refractivity contribution is 9.10. The summed E-state index contributed by atoms with van der Waals surface area (Å²) < 4.78 is 62.3. The Hall–Kier alpha value is -11.5. The number of hydrogen-bond acceptors (Lipinski definition) is 20. The Kier molecular flexibility index (Phi) is 27.5. The highest BCUT2D eigenvalue weighted by Crippen LogP contribution is 2.41. The molecule has 0 radical (unpaired) electrons. The molecule has 4 aromatic carbocycles. The van der Waals surface area contributed by atoms with Crippen LogP contribution in [0.2, 0.25) is 0 Å². The Morgan fingerprint density at radius 2 is 1.11 bits per heavy atom. The third kappa shape index (κ3) is 21.1. The van der Waals surface area contributed by atoms with E-state index < -0.39 is 36.0 Å². The number of anilines is 1. The molecule has 1 aliphatic rings. The van der Waals surface area contributed by atoms with Crippen molar-refractivity contribution in [1.82, 2.24) is 88.8 Å². The van der Waals surface area contributed by atoms with Gasteiger partial charge in [0, 0.05) is 58.7 Å². The van der Waals surface area contributed by atoms with Gasteiger partial charge in [0.1, 0.15) is 51.1 Å². The molecule has 0 amide bonds. The number of nitrogens with one attached hydrogen (secondary N) is 5. The molecular formula is C77H89BBrF3N20O8S. The predicted molar refractivity (Wildman–Crippen MR) is 432 cm³/mol. The molecule has 1 fully saturated rings. The second kappa shape index (κ2) is 35.9. The van der Waals surface area contributed by atoms with E-state index >= 15 is 0 Å². The summed E-state index contributed by atoms with van der Waals surface area (Å²) in [5.74, 6) is 2.90. The molecule has 0 aliphatic carbocycles. The van der Waals surface area contributed by atoms with E-state index in [-0.39, 0.29) is 33.8 Å². The number of halogens is 4. The fraction of sp³-hybridized carbons (Fsp3) is 0.312. The van der Waals surface area contributed by atoms with E-state index in [4.69, 9.17) is 25.2 Å². The van der Waals surface area contributed by atoms with Gasteiger partial charge in [-0.1, -0.05) is 122 Å². The summed E-state index contributed by atoms with van der Waals surface area (Å²) in [7, 11) is 7.97. The average Bonchev–Trinajstić information content (AvgIpc) is 1.64. The number of nitrogen functional groups attached to an aromatic ring is 1. The molecule has 13 aromatic rings. The molecule has 28 nitrogen and oxygen atoms in total. The number of nitrogens with zero attached hydrogens (tertiary/aromatic N) is 14. The molecule has 34 heteroatoms. The zero-order chi connectivity index (χ0) is 81.9. The van der Waals surface area contributed by atoms with Crippen LogP contribution in [0.5, 0.6) is 0 Å². The number of thioether (sulfide) groups is 1. The first-order valence-corrected chi connectivity index (χ1v) is 36.5. The maximum Gasteiger partial charge on any atom is 0.494 e. The van der Waals surface area contributed by atoms with Gasteiger partial charge in [-0.2, -0.15) is 38.7 Å². The number of nitrogens with two attached hydrogens (primary N) is 1. The minimum absolute atomic E-state index is 0.0861. The molecule has 1 atom stereocenters. The second-order valence-corrected chi connectivity index (χ2v) is 28.9. The maximum absolute atomic E-state index is 12.6. The largest absolute Gasteiger partial charge is 0.494 e. The van der Waals surface area contributed by atoms with Gasteiger partial charge in [0.15, 0.2) is 32.4 Å². The van der Waals surface area contributed by atoms with E-state index in [0.29, 0.717) is 106 Å². The van der Waals surface area contributed by atoms with Crippen molar-refractivity contribution in [2.45, 2.75) is 119 Å². The molecule has 0 bridgehead atoms. The number of aromatic nitrogens is 18. The fourth-order valence-corrected chi connectivity index (χ4v) is 12.2. The Morgan fingerprint density at radius 1 is 0.640 bits per heavy atom. The average molecular weight is 1600 g/mol. The Labute approximate surface area is 650 Å². The first-order valence-electron chi connectivity index (χ1n) is 34.7. The van der Waals surface area contributed by atoms with Crippen LogP contribution in [-0.2, 0) is 61.2 Å². The van der Waals surface area contributed by atoms with Crippen LogP contribution in [0.15, 0.2) is 152 Å². The van der Waals surface area contributed by atoms with Crippen LogP contribution >= 0.6 is 27.7 Å². The number of rotatable bonds is 10. The monoisotopic (exact) mass is 1600 g/mol. The number of hydrogen-bond donors (Lipinski definition) is 6. The Balaban J connectivity index is 0.000000165. The lowest BCUT2D eigenvalue weighted by Crippen LogP contribution is -2.41. The minimum Gasteiger partial charge on any atom is -0.461 e. The van der Waals surface area contributed by atoms with Gasteiger partial charge in [-0.05, 0) is 139 Å². The molecule has 111 heavy (non-hydrogen) atoms. The third-order valence-corrected chi connectivity index (χ3v) is 19.0. The fourth-order valence-electron chi connectivity index (χ4n) is 11.1. The number of carbonyl (C=O) groups excluding carboxylic acids is 1. The topological polar surface area (TPSA) is 367 Å². The molecular weight excluding hydrogens is 1510 g/mol. The van der Waals surface area contributed by atoms with Crippen molar-refractivity contribution in [3.8, 4) is 0 Å². The van der Waals surface area contributed by atoms with Gasteiger partial charge in [-0.3, -0.25) is 48.0 Å². The van der Waals surface area contributed by atoms with E-state index in [1.807, 2.05) is 84.0 Å². The van der Waals surface area contributed by atoms with E-state index in [1.165, 1.54) is 48.4 Å². The molecule has 10 heterocycles. The molecule has 1 aliphatic heterocycles. The number of carbonyl (C=O) groups is 1. The van der Waals surface area contributed by atoms with Crippen molar-refractivity contribution in [3.05, 3.63) is 254 Å². The third-order valence-electron chi connectivity index (χ3n) is 17.6. The first-order chi connectivity index (χ1) is 52.1. The van der Waals surface area contributed by atoms with Gasteiger partial charge in [-0.15, -0.1) is 11.8 Å². The lowest BCUT2D eigenvalue weighted by molar-refractivity contribution is -0.137. The molecule has 0 saturated carbocycles. The smallest absolute Gasteiger partial charge is 0.461 e. The summed E-state index contributed by atoms with van der Waals surface area (Å²) in [6.45, 7) is 32.7. The number of aryl methyl sites for hydroxylation is 11. The summed E-state index contributed by atoms with van der Waals surface area (Å²) >= 11 is 4.81. The number of H-pyrrole nitrogens is 4. The van der Waals surface area contributed by atoms with Crippen LogP contribution in [0.1, 0.15) is 139 Å². The van der Waals surface area contributed by atoms with Crippen LogP contribution in [-0.4, -0.2) is 125 Å². The SMILES string of the molecule is C=C(B1OC(C)(C)C(C)(C)O1)c1ccc(C(F)(F)F)cc1.C=C(c1ccc(C)cc1)c1nn(C)c2c(=O)[nH]c(C)nc12.CC(=N)SCc1ccccc1.CCOC(=O)c1nn(C)cc1N.Cc1ccc(C(C)c2nn(C)c3c(=O)[nH]c(C)nc23)cc1.Cc1nc2c(Br)nn(C)c2c(=O)[nH]1.Cc1nc2cnn(C)c2c(=O)[nH]1. The maximum atomic E-state index is 12.6. The minimum atomic E-state index is -4.34. The van der Waals surface area contributed by atoms with Crippen molar-refractivity contribution >= 4 is 107 Å². The number of ether oxygens (including phenoxy) is 1. The molecule has 0 spiro atoms. The second-order valence-electron chi connectivity index (χ2n) is 26.9. The van der Waals surface area contributed by atoms with Gasteiger partial charge in [-0.25, -0.2) is 24.7 Å². The van der Waals surface area contributed by atoms with Crippen LogP contribution < -0.4 is 28.0 Å². The van der Waals surface area contributed by atoms with E-state index in [0.717, 1.165) is 34.7 Å². The van der Waals surface area contributed by atoms with Gasteiger partial charge in [0.25, 0.3) is 22.2 Å². The molecule has 14 rings (SSSR count). The van der Waals surface area contributed by atoms with Crippen molar-refractivity contribution in [3.63, 3.8) is 0 Å². The molecule has 582 valence electrons. The number of esters is 1. The summed E-state index contributed by atoms with van der Waals surface area (Å²) in [6, 6.07) is 31.5. The van der Waals surface area contributed by atoms with Crippen molar-refractivity contribution in [2.24, 2.45) is 35.2 Å². The van der Waals surface area contributed by atoms with E-state index in [2.05, 4.69) is 145 Å². The van der Waals surface area contributed by atoms with Crippen LogP contribution in [0, 0.1) is 47.0 Å². The van der Waals surface area contributed by atoms with Crippen molar-refractivity contribution in [1.29, 1.82) is 5.41 Å². The van der Waals surface area contributed by atoms with Gasteiger partial charge >= 0.3 is 19.3 Å². The summed E-state index contributed by atoms with van der Waals surface area (Å²) in [6.07, 6.45) is -1.20. The first kappa shape index (κ1) is 85.1. The predicted octanol–water partition coefficient (Wildman–Crippen LogP) is 12.9.